The Bertz CT molecular complexity index is 971. The van der Waals surface area contributed by atoms with Crippen LogP contribution in [0.5, 0.6) is 0 Å². The van der Waals surface area contributed by atoms with E-state index in [0.717, 1.165) is 5.56 Å². The highest BCUT2D eigenvalue weighted by Crippen LogP contribution is 2.19. The van der Waals surface area contributed by atoms with Gasteiger partial charge in [-0.15, -0.1) is 0 Å². The Morgan fingerprint density at radius 1 is 0.778 bits per heavy atom. The molecule has 0 saturated heterocycles. The van der Waals surface area contributed by atoms with Crippen LogP contribution in [0.15, 0.2) is 72.8 Å². The van der Waals surface area contributed by atoms with Crippen molar-refractivity contribution in [2.45, 2.75) is 6.92 Å². The van der Waals surface area contributed by atoms with Crippen molar-refractivity contribution in [1.82, 2.24) is 0 Å². The Labute approximate surface area is 162 Å². The molecule has 0 fully saturated rings. The van der Waals surface area contributed by atoms with E-state index < -0.39 is 6.03 Å². The van der Waals surface area contributed by atoms with Crippen molar-refractivity contribution >= 4 is 40.6 Å². The second kappa shape index (κ2) is 8.38. The fourth-order valence-electron chi connectivity index (χ4n) is 2.48. The molecule has 0 bridgehead atoms. The lowest BCUT2D eigenvalue weighted by atomic mass is 10.1. The summed E-state index contributed by atoms with van der Waals surface area (Å²) in [5.41, 5.74) is 3.11. The molecule has 3 aromatic rings. The number of urea groups is 1. The van der Waals surface area contributed by atoms with Crippen LogP contribution in [0.4, 0.5) is 21.9 Å². The number of hydrogen-bond donors (Lipinski definition) is 3. The van der Waals surface area contributed by atoms with E-state index in [2.05, 4.69) is 16.0 Å². The quantitative estimate of drug-likeness (QED) is 0.556. The average molecular weight is 380 g/mol. The van der Waals surface area contributed by atoms with Gasteiger partial charge in [0.1, 0.15) is 0 Å². The summed E-state index contributed by atoms with van der Waals surface area (Å²) >= 11 is 5.92. The maximum absolute atomic E-state index is 12.6. The smallest absolute Gasteiger partial charge is 0.322 e. The monoisotopic (exact) mass is 379 g/mol. The zero-order valence-electron chi connectivity index (χ0n) is 14.6. The first-order valence-corrected chi connectivity index (χ1v) is 8.70. The van der Waals surface area contributed by atoms with E-state index in [-0.39, 0.29) is 5.91 Å². The van der Waals surface area contributed by atoms with E-state index in [1.807, 2.05) is 31.2 Å². The number of carbonyl (C=O) groups is 2. The van der Waals surface area contributed by atoms with Crippen molar-refractivity contribution in [2.75, 3.05) is 16.0 Å². The van der Waals surface area contributed by atoms with Crippen LogP contribution < -0.4 is 16.0 Å². The summed E-state index contributed by atoms with van der Waals surface area (Å²) in [6.07, 6.45) is 0. The number of rotatable bonds is 4. The molecule has 3 amide bonds. The predicted molar refractivity (Wildman–Crippen MR) is 110 cm³/mol. The van der Waals surface area contributed by atoms with Gasteiger partial charge in [-0.05, 0) is 49.4 Å². The van der Waals surface area contributed by atoms with Crippen LogP contribution in [0.25, 0.3) is 0 Å². The van der Waals surface area contributed by atoms with E-state index in [9.17, 15) is 9.59 Å². The minimum atomic E-state index is -0.465. The van der Waals surface area contributed by atoms with Gasteiger partial charge < -0.3 is 16.0 Å². The fraction of sp³-hybridized carbons (Fsp3) is 0.0476. The average Bonchev–Trinajstić information content (AvgIpc) is 2.64. The van der Waals surface area contributed by atoms with E-state index in [1.165, 1.54) is 0 Å². The van der Waals surface area contributed by atoms with E-state index in [4.69, 9.17) is 11.6 Å². The third-order valence-corrected chi connectivity index (χ3v) is 4.05. The van der Waals surface area contributed by atoms with E-state index >= 15 is 0 Å². The van der Waals surface area contributed by atoms with Gasteiger partial charge in [0, 0.05) is 16.4 Å². The fourth-order valence-corrected chi connectivity index (χ4v) is 2.67. The number of aryl methyl sites for hydroxylation is 1. The lowest BCUT2D eigenvalue weighted by molar-refractivity contribution is 0.102. The first-order chi connectivity index (χ1) is 13.0. The maximum atomic E-state index is 12.6. The highest BCUT2D eigenvalue weighted by molar-refractivity contribution is 6.30. The van der Waals surface area contributed by atoms with E-state index in [0.29, 0.717) is 27.6 Å². The number of para-hydroxylation sites is 1. The zero-order chi connectivity index (χ0) is 19.2. The van der Waals surface area contributed by atoms with Crippen molar-refractivity contribution in [3.05, 3.63) is 88.9 Å². The molecule has 3 rings (SSSR count). The maximum Gasteiger partial charge on any atom is 0.323 e. The molecule has 0 aromatic heterocycles. The minimum Gasteiger partial charge on any atom is -0.322 e. The first kappa shape index (κ1) is 18.5. The Kier molecular flexibility index (Phi) is 5.74. The highest BCUT2D eigenvalue weighted by atomic mass is 35.5. The minimum absolute atomic E-state index is 0.308. The van der Waals surface area contributed by atoms with Gasteiger partial charge in [-0.2, -0.15) is 0 Å². The molecule has 0 atom stereocenters. The topological polar surface area (TPSA) is 70.2 Å². The summed E-state index contributed by atoms with van der Waals surface area (Å²) in [7, 11) is 0. The number of amides is 3. The molecule has 6 heteroatoms. The largest absolute Gasteiger partial charge is 0.323 e. The van der Waals surface area contributed by atoms with Crippen LogP contribution in [0, 0.1) is 6.92 Å². The SMILES string of the molecule is Cc1ccc(NC(=O)c2ccccc2NC(=O)Nc2cccc(Cl)c2)cc1. The molecular weight excluding hydrogens is 362 g/mol. The van der Waals surface area contributed by atoms with E-state index in [1.54, 1.807) is 48.5 Å². The molecule has 0 aliphatic carbocycles. The van der Waals surface area contributed by atoms with Gasteiger partial charge in [0.05, 0.1) is 11.3 Å². The number of halogens is 1. The molecular formula is C21H18ClN3O2. The second-order valence-electron chi connectivity index (χ2n) is 5.96. The third-order valence-electron chi connectivity index (χ3n) is 3.81. The Hall–Kier alpha value is -3.31. The van der Waals surface area contributed by atoms with Crippen molar-refractivity contribution in [3.8, 4) is 0 Å². The summed E-state index contributed by atoms with van der Waals surface area (Å²) in [5, 5.41) is 8.73. The molecule has 136 valence electrons. The van der Waals surface area contributed by atoms with Gasteiger partial charge in [0.2, 0.25) is 0 Å². The molecule has 5 nitrogen and oxygen atoms in total. The molecule has 0 aliphatic heterocycles. The summed E-state index contributed by atoms with van der Waals surface area (Å²) < 4.78 is 0. The zero-order valence-corrected chi connectivity index (χ0v) is 15.4. The summed E-state index contributed by atoms with van der Waals surface area (Å²) in [5.74, 6) is -0.308. The molecule has 0 aliphatic rings. The van der Waals surface area contributed by atoms with Gasteiger partial charge in [-0.3, -0.25) is 4.79 Å². The van der Waals surface area contributed by atoms with Gasteiger partial charge in [-0.25, -0.2) is 4.79 Å². The van der Waals surface area contributed by atoms with Crippen LogP contribution in [-0.4, -0.2) is 11.9 Å². The lowest BCUT2D eigenvalue weighted by Crippen LogP contribution is -2.22. The van der Waals surface area contributed by atoms with Crippen LogP contribution in [0.2, 0.25) is 5.02 Å². The van der Waals surface area contributed by atoms with Gasteiger partial charge in [0.15, 0.2) is 0 Å². The Morgan fingerprint density at radius 3 is 2.26 bits per heavy atom. The van der Waals surface area contributed by atoms with Gasteiger partial charge in [0.25, 0.3) is 5.91 Å². The number of hydrogen-bond acceptors (Lipinski definition) is 2. The van der Waals surface area contributed by atoms with Crippen LogP contribution >= 0.6 is 11.6 Å². The number of benzene rings is 3. The standard InChI is InChI=1S/C21H18ClN3O2/c1-14-9-11-16(12-10-14)23-20(26)18-7-2-3-8-19(18)25-21(27)24-17-6-4-5-15(22)13-17/h2-13H,1H3,(H,23,26)(H2,24,25,27). The summed E-state index contributed by atoms with van der Waals surface area (Å²) in [4.78, 5) is 24.9. The number of carbonyl (C=O) groups excluding carboxylic acids is 2. The van der Waals surface area contributed by atoms with Crippen molar-refractivity contribution in [1.29, 1.82) is 0 Å². The number of nitrogens with one attached hydrogen (secondary N) is 3. The van der Waals surface area contributed by atoms with Crippen LogP contribution in [-0.2, 0) is 0 Å². The molecule has 0 spiro atoms. The lowest BCUT2D eigenvalue weighted by Gasteiger charge is -2.12. The van der Waals surface area contributed by atoms with Crippen LogP contribution in [0.3, 0.4) is 0 Å². The van der Waals surface area contributed by atoms with Crippen molar-refractivity contribution < 1.29 is 9.59 Å². The summed E-state index contributed by atoms with van der Waals surface area (Å²) in [6, 6.07) is 20.6. The molecule has 27 heavy (non-hydrogen) atoms. The highest BCUT2D eigenvalue weighted by Gasteiger charge is 2.13. The summed E-state index contributed by atoms with van der Waals surface area (Å²) in [6.45, 7) is 1.98. The van der Waals surface area contributed by atoms with Gasteiger partial charge in [-0.1, -0.05) is 47.5 Å². The van der Waals surface area contributed by atoms with Crippen molar-refractivity contribution in [2.24, 2.45) is 0 Å². The molecule has 0 saturated carbocycles. The predicted octanol–water partition coefficient (Wildman–Crippen LogP) is 5.54. The second-order valence-corrected chi connectivity index (χ2v) is 6.39. The van der Waals surface area contributed by atoms with Crippen molar-refractivity contribution in [3.63, 3.8) is 0 Å². The Balaban J connectivity index is 1.72. The normalized spacial score (nSPS) is 10.1. The molecule has 3 N–H and O–H groups in total. The first-order valence-electron chi connectivity index (χ1n) is 8.32. The molecule has 0 radical (unpaired) electrons. The molecule has 0 unspecified atom stereocenters. The third kappa shape index (κ3) is 5.09. The van der Waals surface area contributed by atoms with Crippen LogP contribution in [0.1, 0.15) is 15.9 Å². The molecule has 0 heterocycles. The Morgan fingerprint density at radius 2 is 1.52 bits per heavy atom. The molecule has 3 aromatic carbocycles. The number of anilines is 3. The van der Waals surface area contributed by atoms with Gasteiger partial charge >= 0.3 is 6.03 Å².